The zero-order valence-electron chi connectivity index (χ0n) is 15.1. The van der Waals surface area contributed by atoms with E-state index in [0.29, 0.717) is 13.0 Å². The molecule has 1 amide bonds. The molecule has 138 valence electrons. The first kappa shape index (κ1) is 20.0. The number of alkyl carbamates (subject to hydrolysis) is 1. The topological polar surface area (TPSA) is 47.6 Å². The van der Waals surface area contributed by atoms with E-state index < -0.39 is 11.6 Å². The predicted molar refractivity (Wildman–Crippen MR) is 107 cm³/mol. The molecule has 5 heteroatoms. The van der Waals surface area contributed by atoms with Gasteiger partial charge in [-0.05, 0) is 50.1 Å². The molecule has 0 spiro atoms. The van der Waals surface area contributed by atoms with Crippen molar-refractivity contribution in [3.63, 3.8) is 0 Å². The molecule has 1 N–H and O–H groups in total. The number of amides is 1. The molecule has 0 aromatic heterocycles. The third kappa shape index (κ3) is 6.92. The van der Waals surface area contributed by atoms with Gasteiger partial charge in [-0.3, -0.25) is 0 Å². The third-order valence-electron chi connectivity index (χ3n) is 3.68. The molecule has 2 aromatic rings. The molecule has 26 heavy (non-hydrogen) atoms. The summed E-state index contributed by atoms with van der Waals surface area (Å²) >= 11 is 3.40. The Morgan fingerprint density at radius 1 is 1.15 bits per heavy atom. The fraction of sp³-hybridized carbons (Fsp3) is 0.286. The average Bonchev–Trinajstić information content (AvgIpc) is 2.60. The van der Waals surface area contributed by atoms with Crippen molar-refractivity contribution in [2.75, 3.05) is 6.61 Å². The smallest absolute Gasteiger partial charge is 0.408 e. The van der Waals surface area contributed by atoms with Gasteiger partial charge in [0.25, 0.3) is 0 Å². The highest BCUT2D eigenvalue weighted by molar-refractivity contribution is 9.10. The first-order valence-corrected chi connectivity index (χ1v) is 9.17. The number of hydrogen-bond donors (Lipinski definition) is 1. The Labute approximate surface area is 163 Å². The zero-order chi connectivity index (χ0) is 19.0. The van der Waals surface area contributed by atoms with Crippen molar-refractivity contribution in [3.05, 3.63) is 76.8 Å². The van der Waals surface area contributed by atoms with Gasteiger partial charge < -0.3 is 14.8 Å². The number of benzene rings is 2. The van der Waals surface area contributed by atoms with Gasteiger partial charge in [0.05, 0.1) is 5.54 Å². The molecule has 4 nitrogen and oxygen atoms in total. The van der Waals surface area contributed by atoms with Crippen LogP contribution in [0, 0.1) is 0 Å². The zero-order valence-corrected chi connectivity index (χ0v) is 16.7. The number of halogens is 1. The van der Waals surface area contributed by atoms with E-state index >= 15 is 0 Å². The molecule has 2 rings (SSSR count). The molecule has 0 radical (unpaired) electrons. The minimum atomic E-state index is -0.618. The third-order valence-corrected chi connectivity index (χ3v) is 4.21. The van der Waals surface area contributed by atoms with Crippen molar-refractivity contribution in [1.82, 2.24) is 5.32 Å². The van der Waals surface area contributed by atoms with Crippen molar-refractivity contribution in [1.29, 1.82) is 0 Å². The first-order valence-electron chi connectivity index (χ1n) is 8.38. The number of hydrogen-bond acceptors (Lipinski definition) is 3. The molecule has 0 heterocycles. The first-order chi connectivity index (χ1) is 12.4. The van der Waals surface area contributed by atoms with Gasteiger partial charge in [-0.2, -0.15) is 0 Å². The van der Waals surface area contributed by atoms with Crippen LogP contribution in [0.5, 0.6) is 5.75 Å². The van der Waals surface area contributed by atoms with E-state index in [1.165, 1.54) is 0 Å². The summed E-state index contributed by atoms with van der Waals surface area (Å²) in [7, 11) is 0. The van der Waals surface area contributed by atoms with Gasteiger partial charge in [-0.1, -0.05) is 51.8 Å². The van der Waals surface area contributed by atoms with Crippen LogP contribution in [0.3, 0.4) is 0 Å². The van der Waals surface area contributed by atoms with E-state index in [9.17, 15) is 4.79 Å². The van der Waals surface area contributed by atoms with Crippen LogP contribution in [0.15, 0.2) is 71.2 Å². The lowest BCUT2D eigenvalue weighted by molar-refractivity contribution is 0.115. The molecular weight excluding hydrogens is 394 g/mol. The molecule has 1 unspecified atom stereocenters. The monoisotopic (exact) mass is 417 g/mol. The molecule has 0 saturated carbocycles. The summed E-state index contributed by atoms with van der Waals surface area (Å²) in [5, 5.41) is 2.92. The number of carbonyl (C=O) groups excluding carboxylic acids is 1. The van der Waals surface area contributed by atoms with Gasteiger partial charge in [0.15, 0.2) is 0 Å². The maximum absolute atomic E-state index is 12.2. The minimum Gasteiger partial charge on any atom is -0.491 e. The average molecular weight is 418 g/mol. The molecule has 0 saturated heterocycles. The van der Waals surface area contributed by atoms with Crippen LogP contribution in [0.2, 0.25) is 0 Å². The molecular formula is C21H24BrNO3. The highest BCUT2D eigenvalue weighted by Gasteiger charge is 2.28. The van der Waals surface area contributed by atoms with E-state index in [1.54, 1.807) is 0 Å². The van der Waals surface area contributed by atoms with Gasteiger partial charge in [0.2, 0.25) is 0 Å². The molecule has 0 aliphatic rings. The van der Waals surface area contributed by atoms with Crippen LogP contribution in [-0.4, -0.2) is 18.2 Å². The number of ether oxygens (including phenoxy) is 2. The Kier molecular flexibility index (Phi) is 7.27. The lowest BCUT2D eigenvalue weighted by Crippen LogP contribution is -2.50. The quantitative estimate of drug-likeness (QED) is 0.578. The summed E-state index contributed by atoms with van der Waals surface area (Å²) < 4.78 is 12.2. The van der Waals surface area contributed by atoms with Gasteiger partial charge in [0.1, 0.15) is 19.0 Å². The second-order valence-corrected chi connectivity index (χ2v) is 7.54. The SMILES string of the molecule is C=C(C)CC(C)(COc1ccc(Br)cc1)NC(=O)OCc1ccccc1. The van der Waals surface area contributed by atoms with Crippen LogP contribution in [0.1, 0.15) is 25.8 Å². The lowest BCUT2D eigenvalue weighted by atomic mass is 9.95. The van der Waals surface area contributed by atoms with Crippen LogP contribution < -0.4 is 10.1 Å². The maximum atomic E-state index is 12.2. The molecule has 0 fully saturated rings. The van der Waals surface area contributed by atoms with Crippen LogP contribution in [-0.2, 0) is 11.3 Å². The Bertz CT molecular complexity index is 731. The second kappa shape index (κ2) is 9.43. The Morgan fingerprint density at radius 3 is 2.42 bits per heavy atom. The molecule has 2 aromatic carbocycles. The maximum Gasteiger partial charge on any atom is 0.408 e. The number of nitrogens with one attached hydrogen (secondary N) is 1. The van der Waals surface area contributed by atoms with Crippen LogP contribution >= 0.6 is 15.9 Å². The summed E-state index contributed by atoms with van der Waals surface area (Å²) in [6.45, 7) is 8.33. The number of rotatable bonds is 8. The molecule has 0 aliphatic carbocycles. The van der Waals surface area contributed by atoms with E-state index in [2.05, 4.69) is 27.8 Å². The van der Waals surface area contributed by atoms with E-state index in [0.717, 1.165) is 21.4 Å². The summed E-state index contributed by atoms with van der Waals surface area (Å²) in [5.41, 5.74) is 1.28. The largest absolute Gasteiger partial charge is 0.491 e. The highest BCUT2D eigenvalue weighted by Crippen LogP contribution is 2.21. The van der Waals surface area contributed by atoms with Crippen molar-refractivity contribution in [2.45, 2.75) is 32.4 Å². The van der Waals surface area contributed by atoms with E-state index in [1.807, 2.05) is 68.4 Å². The summed E-state index contributed by atoms with van der Waals surface area (Å²) in [6, 6.07) is 17.1. The van der Waals surface area contributed by atoms with Gasteiger partial charge >= 0.3 is 6.09 Å². The summed E-state index contributed by atoms with van der Waals surface area (Å²) in [6.07, 6.45) is 0.112. The summed E-state index contributed by atoms with van der Waals surface area (Å²) in [5.74, 6) is 0.737. The normalized spacial score (nSPS) is 12.7. The number of carbonyl (C=O) groups is 1. The fourth-order valence-corrected chi connectivity index (χ4v) is 2.84. The van der Waals surface area contributed by atoms with E-state index in [-0.39, 0.29) is 6.61 Å². The standard InChI is InChI=1S/C21H24BrNO3/c1-16(2)13-21(3,15-26-19-11-9-18(22)10-12-19)23-20(24)25-14-17-7-5-4-6-8-17/h4-12H,1,13-15H2,2-3H3,(H,23,24). The van der Waals surface area contributed by atoms with Gasteiger partial charge in [-0.25, -0.2) is 4.79 Å². The van der Waals surface area contributed by atoms with Crippen molar-refractivity contribution in [3.8, 4) is 5.75 Å². The van der Waals surface area contributed by atoms with Crippen LogP contribution in [0.25, 0.3) is 0 Å². The molecule has 1 atom stereocenters. The second-order valence-electron chi connectivity index (χ2n) is 6.62. The summed E-state index contributed by atoms with van der Waals surface area (Å²) in [4.78, 5) is 12.2. The Balaban J connectivity index is 1.94. The fourth-order valence-electron chi connectivity index (χ4n) is 2.58. The highest BCUT2D eigenvalue weighted by atomic mass is 79.9. The van der Waals surface area contributed by atoms with Crippen molar-refractivity contribution in [2.24, 2.45) is 0 Å². The van der Waals surface area contributed by atoms with E-state index in [4.69, 9.17) is 9.47 Å². The predicted octanol–water partition coefficient (Wildman–Crippen LogP) is 5.48. The Hall–Kier alpha value is -2.27. The lowest BCUT2D eigenvalue weighted by Gasteiger charge is -2.30. The van der Waals surface area contributed by atoms with Crippen LogP contribution in [0.4, 0.5) is 4.79 Å². The Morgan fingerprint density at radius 2 is 1.81 bits per heavy atom. The van der Waals surface area contributed by atoms with Gasteiger partial charge in [-0.15, -0.1) is 6.58 Å². The van der Waals surface area contributed by atoms with Crippen molar-refractivity contribution < 1.29 is 14.3 Å². The molecule has 0 aliphatic heterocycles. The van der Waals surface area contributed by atoms with Crippen molar-refractivity contribution >= 4 is 22.0 Å². The van der Waals surface area contributed by atoms with Gasteiger partial charge in [0, 0.05) is 4.47 Å². The molecule has 0 bridgehead atoms. The minimum absolute atomic E-state index is 0.226.